The number of carboxylic acid groups (broad SMARTS) is 1. The second kappa shape index (κ2) is 17.1. The number of benzene rings is 2. The number of halogens is 1. The van der Waals surface area contributed by atoms with Crippen molar-refractivity contribution < 1.29 is 50.6 Å². The van der Waals surface area contributed by atoms with Gasteiger partial charge in [0.05, 0.1) is 26.0 Å². The second-order valence-corrected chi connectivity index (χ2v) is 11.3. The number of carbonyl (C=O) groups excluding carboxylic acids is 1. The average Bonchev–Trinajstić information content (AvgIpc) is 2.87. The molecule has 8 heteroatoms. The summed E-state index contributed by atoms with van der Waals surface area (Å²) < 4.78 is 7.08. The normalized spacial score (nSPS) is 12.9. The lowest BCUT2D eigenvalue weighted by atomic mass is 9.88. The summed E-state index contributed by atoms with van der Waals surface area (Å²) in [4.78, 5) is 22.7. The van der Waals surface area contributed by atoms with Crippen molar-refractivity contribution in [2.75, 3.05) is 27.3 Å². The lowest BCUT2D eigenvalue weighted by molar-refractivity contribution is -1.12. The highest BCUT2D eigenvalue weighted by Crippen LogP contribution is 2.43. The Morgan fingerprint density at radius 3 is 1.25 bits per heavy atom. The SMILES string of the molecule is CCO[N+](C)(C(C)C)C(C)C.CCO[N+](C)(C(C)C)C(C)C.O=C([O-])C1c2ccccc2Oc2ccccc21.[Br-]. The summed E-state index contributed by atoms with van der Waals surface area (Å²) in [6.07, 6.45) is 0. The summed E-state index contributed by atoms with van der Waals surface area (Å²) in [7, 11) is 4.28. The number of nitrogens with zero attached hydrogens (tertiary/aromatic N) is 2. The Kier molecular flexibility index (Phi) is 16.3. The van der Waals surface area contributed by atoms with Crippen LogP contribution in [0, 0.1) is 0 Å². The van der Waals surface area contributed by atoms with Crippen LogP contribution in [0.1, 0.15) is 86.3 Å². The predicted molar refractivity (Wildman–Crippen MR) is 156 cm³/mol. The van der Waals surface area contributed by atoms with E-state index in [1.165, 1.54) is 0 Å². The van der Waals surface area contributed by atoms with Crippen LogP contribution in [0.15, 0.2) is 48.5 Å². The van der Waals surface area contributed by atoms with Gasteiger partial charge in [0.15, 0.2) is 0 Å². The van der Waals surface area contributed by atoms with E-state index in [0.717, 1.165) is 13.2 Å². The first-order chi connectivity index (χ1) is 18.2. The molecule has 228 valence electrons. The number of fused-ring (bicyclic) bond motifs is 2. The van der Waals surface area contributed by atoms with E-state index in [4.69, 9.17) is 14.4 Å². The van der Waals surface area contributed by atoms with Crippen LogP contribution in [-0.4, -0.2) is 66.7 Å². The average molecular weight is 626 g/mol. The Hall–Kier alpha value is -1.97. The molecule has 0 amide bonds. The molecule has 0 saturated carbocycles. The van der Waals surface area contributed by atoms with Crippen molar-refractivity contribution in [2.24, 2.45) is 0 Å². The minimum absolute atomic E-state index is 0. The number of carboxylic acids is 1. The van der Waals surface area contributed by atoms with Gasteiger partial charge in [-0.15, -0.1) is 0 Å². The molecule has 7 nitrogen and oxygen atoms in total. The number of aliphatic carboxylic acids is 1. The molecule has 0 bridgehead atoms. The molecule has 1 aliphatic heterocycles. The van der Waals surface area contributed by atoms with Gasteiger partial charge in [0, 0.05) is 11.1 Å². The molecule has 0 atom stereocenters. The molecule has 0 aliphatic carbocycles. The van der Waals surface area contributed by atoms with E-state index in [2.05, 4.69) is 69.5 Å². The number of hydroxylamine groups is 6. The van der Waals surface area contributed by atoms with Crippen molar-refractivity contribution in [3.8, 4) is 11.5 Å². The molecule has 2 aromatic rings. The summed E-state index contributed by atoms with van der Waals surface area (Å²) in [5.74, 6) is -0.690. The van der Waals surface area contributed by atoms with Crippen LogP contribution in [0.2, 0.25) is 0 Å². The number of ether oxygens (including phenoxy) is 1. The van der Waals surface area contributed by atoms with Gasteiger partial charge in [-0.25, -0.2) is 9.68 Å². The zero-order valence-corrected chi connectivity index (χ0v) is 28.3. The van der Waals surface area contributed by atoms with Gasteiger partial charge in [0.25, 0.3) is 0 Å². The van der Waals surface area contributed by atoms with Crippen LogP contribution in [-0.2, 0) is 14.5 Å². The Balaban J connectivity index is 0.000000591. The first kappa shape index (κ1) is 38.0. The van der Waals surface area contributed by atoms with Gasteiger partial charge in [-0.05, 0) is 81.4 Å². The molecule has 0 spiro atoms. The maximum Gasteiger partial charge on any atom is 0.131 e. The fourth-order valence-electron chi connectivity index (χ4n) is 4.51. The van der Waals surface area contributed by atoms with Crippen molar-refractivity contribution in [1.82, 2.24) is 0 Å². The largest absolute Gasteiger partial charge is 1.00 e. The molecule has 1 aliphatic rings. The van der Waals surface area contributed by atoms with Crippen LogP contribution in [0.5, 0.6) is 11.5 Å². The van der Waals surface area contributed by atoms with Gasteiger partial charge in [0.1, 0.15) is 48.9 Å². The van der Waals surface area contributed by atoms with E-state index in [9.17, 15) is 9.90 Å². The van der Waals surface area contributed by atoms with E-state index in [0.29, 0.717) is 56.1 Å². The summed E-state index contributed by atoms with van der Waals surface area (Å²) in [5.41, 5.74) is 1.29. The number of carbonyl (C=O) groups is 1. The summed E-state index contributed by atoms with van der Waals surface area (Å²) in [6, 6.07) is 16.4. The van der Waals surface area contributed by atoms with Gasteiger partial charge in [0.2, 0.25) is 0 Å². The molecule has 3 rings (SSSR count). The summed E-state index contributed by atoms with van der Waals surface area (Å²) in [5, 5.41) is 11.3. The third kappa shape index (κ3) is 9.55. The van der Waals surface area contributed by atoms with Crippen LogP contribution >= 0.6 is 0 Å². The highest BCUT2D eigenvalue weighted by molar-refractivity contribution is 5.82. The van der Waals surface area contributed by atoms with E-state index >= 15 is 0 Å². The third-order valence-electron chi connectivity index (χ3n) is 7.83. The van der Waals surface area contributed by atoms with E-state index in [-0.39, 0.29) is 17.0 Å². The minimum atomic E-state index is -1.10. The first-order valence-electron chi connectivity index (χ1n) is 14.2. The van der Waals surface area contributed by atoms with E-state index in [1.807, 2.05) is 26.0 Å². The van der Waals surface area contributed by atoms with Gasteiger partial charge in [-0.1, -0.05) is 36.4 Å². The van der Waals surface area contributed by atoms with Gasteiger partial charge >= 0.3 is 0 Å². The van der Waals surface area contributed by atoms with Gasteiger partial charge in [-0.2, -0.15) is 9.29 Å². The molecule has 0 aromatic heterocycles. The second-order valence-electron chi connectivity index (χ2n) is 11.3. The Morgan fingerprint density at radius 1 is 0.725 bits per heavy atom. The standard InChI is InChI=1S/C14H10O3.2C9H22NO.BrH/c15-14(16)13-9-5-1-3-7-11(9)17-12-8-4-2-6-10(12)13;2*1-7-11-10(6,8(2)3)9(4)5;/h1-8,13H,(H,15,16);2*8-9H,7H2,1-6H3;1H/q;2*+1;/p-2. The third-order valence-corrected chi connectivity index (χ3v) is 7.83. The Labute approximate surface area is 253 Å². The number of para-hydroxylation sites is 2. The fraction of sp³-hybridized carbons (Fsp3) is 0.594. The van der Waals surface area contributed by atoms with Crippen molar-refractivity contribution in [3.05, 3.63) is 59.7 Å². The Morgan fingerprint density at radius 2 is 1.02 bits per heavy atom. The summed E-state index contributed by atoms with van der Waals surface area (Å²) in [6.45, 7) is 23.2. The van der Waals surface area contributed by atoms with Crippen molar-refractivity contribution in [2.45, 2.75) is 99.3 Å². The number of quaternary nitrogens is 2. The van der Waals surface area contributed by atoms with E-state index < -0.39 is 11.9 Å². The first-order valence-corrected chi connectivity index (χ1v) is 14.2. The zero-order valence-electron chi connectivity index (χ0n) is 26.7. The highest BCUT2D eigenvalue weighted by atomic mass is 79.9. The van der Waals surface area contributed by atoms with Crippen molar-refractivity contribution in [3.63, 3.8) is 0 Å². The smallest absolute Gasteiger partial charge is 0.131 e. The lowest BCUT2D eigenvalue weighted by Crippen LogP contribution is -3.00. The maximum absolute atomic E-state index is 11.3. The molecular formula is C32H53BrN2O5. The molecular weight excluding hydrogens is 572 g/mol. The monoisotopic (exact) mass is 624 g/mol. The molecule has 0 fully saturated rings. The van der Waals surface area contributed by atoms with Crippen molar-refractivity contribution >= 4 is 5.97 Å². The lowest BCUT2D eigenvalue weighted by Gasteiger charge is -2.38. The topological polar surface area (TPSA) is 67.8 Å². The van der Waals surface area contributed by atoms with Gasteiger partial charge < -0.3 is 31.6 Å². The molecule has 0 saturated heterocycles. The molecule has 0 N–H and O–H groups in total. The van der Waals surface area contributed by atoms with Crippen LogP contribution < -0.4 is 26.8 Å². The molecule has 2 aromatic carbocycles. The summed E-state index contributed by atoms with van der Waals surface area (Å²) >= 11 is 0. The van der Waals surface area contributed by atoms with Crippen molar-refractivity contribution in [1.29, 1.82) is 0 Å². The number of hydrogen-bond donors (Lipinski definition) is 0. The molecule has 0 unspecified atom stereocenters. The number of hydrogen-bond acceptors (Lipinski definition) is 5. The maximum atomic E-state index is 11.3. The van der Waals surface area contributed by atoms with Crippen LogP contribution in [0.3, 0.4) is 0 Å². The Bertz CT molecular complexity index is 936. The minimum Gasteiger partial charge on any atom is -1.00 e. The highest BCUT2D eigenvalue weighted by Gasteiger charge is 2.32. The number of rotatable bonds is 9. The van der Waals surface area contributed by atoms with Crippen LogP contribution in [0.25, 0.3) is 0 Å². The van der Waals surface area contributed by atoms with Gasteiger partial charge in [-0.3, -0.25) is 0 Å². The molecule has 40 heavy (non-hydrogen) atoms. The predicted octanol–water partition coefficient (Wildman–Crippen LogP) is 3.08. The zero-order chi connectivity index (χ0) is 30.0. The van der Waals surface area contributed by atoms with E-state index in [1.54, 1.807) is 36.4 Å². The van der Waals surface area contributed by atoms with Crippen LogP contribution in [0.4, 0.5) is 0 Å². The molecule has 1 heterocycles. The fourth-order valence-corrected chi connectivity index (χ4v) is 4.51. The quantitative estimate of drug-likeness (QED) is 0.317. The molecule has 0 radical (unpaired) electrons.